The van der Waals surface area contributed by atoms with Gasteiger partial charge in [0.15, 0.2) is 17.7 Å². The van der Waals surface area contributed by atoms with E-state index in [1.54, 1.807) is 0 Å². The first-order chi connectivity index (χ1) is 26.3. The maximum atomic E-state index is 12.6. The van der Waals surface area contributed by atoms with Crippen LogP contribution in [0, 0.1) is 5.41 Å². The summed E-state index contributed by atoms with van der Waals surface area (Å²) in [6.45, 7) is 0.661. The topological polar surface area (TPSA) is 427 Å². The molecule has 0 radical (unpaired) electrons. The molecule has 57 heavy (non-hydrogen) atoms. The fourth-order valence-electron chi connectivity index (χ4n) is 4.48. The normalized spacial score (nSPS) is 21.1. The molecule has 324 valence electrons. The summed E-state index contributed by atoms with van der Waals surface area (Å²) in [6, 6.07) is 0. The summed E-state index contributed by atoms with van der Waals surface area (Å²) < 4.78 is 61.7. The molecular formula is C26H45N8O19P3S. The molecule has 0 saturated carbocycles. The first-order valence-corrected chi connectivity index (χ1v) is 21.4. The van der Waals surface area contributed by atoms with Crippen LogP contribution in [0.4, 0.5) is 5.82 Å². The van der Waals surface area contributed by atoms with Crippen LogP contribution in [-0.4, -0.2) is 141 Å². The van der Waals surface area contributed by atoms with Crippen molar-refractivity contribution in [2.45, 2.75) is 63.8 Å². The molecule has 3 heterocycles. The molecule has 27 nitrogen and oxygen atoms in total. The van der Waals surface area contributed by atoms with Gasteiger partial charge >= 0.3 is 29.4 Å². The molecule has 1 aliphatic heterocycles. The summed E-state index contributed by atoms with van der Waals surface area (Å²) >= 11 is 3.95. The standard InChI is InChI=1S/C21H36N7O16P3S.C5H9NO3/c1-21(2,16(31)19(32)24-4-3-12(29)23-5-6-48)8-41-47(38,39)44-46(36,37)40-7-11-15(43-45(33,34)35)14(30)20(42-11)28-10-27-13-17(22)25-9-26-18(13)28;6-3-4(7)1-2-5(8)9/h9-11,14-16,20,30-31,48H,3-8H2,1-2H3,(H,23,29)(H,24,32)(H,36,37)(H,38,39)(H2,22,25,26)(H2,33,34,35);1-3,6H2,(H,8,9)/t11-,14-,15-,16+,20-;/m1./s1. The summed E-state index contributed by atoms with van der Waals surface area (Å²) in [6.07, 6.45) is -6.81. The van der Waals surface area contributed by atoms with Gasteiger partial charge in [0, 0.05) is 37.1 Å². The van der Waals surface area contributed by atoms with Crippen LogP contribution < -0.4 is 22.1 Å². The van der Waals surface area contributed by atoms with Crippen molar-refractivity contribution in [1.29, 1.82) is 0 Å². The number of phosphoric acid groups is 3. The number of imidazole rings is 1. The Morgan fingerprint density at radius 2 is 1.67 bits per heavy atom. The third kappa shape index (κ3) is 16.6. The number of ketones is 1. The number of aliphatic hydroxyl groups is 2. The second-order valence-electron chi connectivity index (χ2n) is 12.4. The SMILES string of the molecule is CC(C)(COP(=O)(O)OP(=O)(O)OC[C@H]1O[C@@H](n2cnc3c(N)ncnc32)[C@H](O)[C@@H]1OP(=O)(O)O)[C@@H](O)C(=O)NCCC(=O)NCCS.NCC(=O)CCC(=O)O. The molecule has 0 aliphatic carbocycles. The molecule has 2 aromatic rings. The van der Waals surface area contributed by atoms with Gasteiger partial charge in [0.05, 0.1) is 32.5 Å². The molecule has 2 unspecified atom stereocenters. The number of fused-ring (bicyclic) bond motifs is 1. The number of thiol groups is 1. The van der Waals surface area contributed by atoms with Crippen molar-refractivity contribution in [1.82, 2.24) is 30.2 Å². The first kappa shape index (κ1) is 50.1. The molecular weight excluding hydrogens is 853 g/mol. The van der Waals surface area contributed by atoms with E-state index in [-0.39, 0.29) is 61.0 Å². The molecule has 7 atom stereocenters. The Kier molecular flexibility index (Phi) is 19.2. The molecule has 13 N–H and O–H groups in total. The number of hydrogen-bond donors (Lipinski definition) is 12. The predicted octanol–water partition coefficient (Wildman–Crippen LogP) is -2.29. The number of aliphatic carboxylic acids is 1. The lowest BCUT2D eigenvalue weighted by Gasteiger charge is -2.30. The minimum Gasteiger partial charge on any atom is -0.481 e. The maximum absolute atomic E-state index is 12.6. The van der Waals surface area contributed by atoms with E-state index in [4.69, 9.17) is 30.4 Å². The number of amides is 2. The Hall–Kier alpha value is -3.01. The summed E-state index contributed by atoms with van der Waals surface area (Å²) in [5, 5.41) is 34.2. The highest BCUT2D eigenvalue weighted by Gasteiger charge is 2.50. The number of carboxylic acids is 1. The zero-order valence-electron chi connectivity index (χ0n) is 30.2. The quantitative estimate of drug-likeness (QED) is 0.0437. The van der Waals surface area contributed by atoms with Gasteiger partial charge in [0.1, 0.15) is 42.0 Å². The van der Waals surface area contributed by atoms with E-state index in [0.29, 0.717) is 12.3 Å². The van der Waals surface area contributed by atoms with Crippen LogP contribution in [0.5, 0.6) is 0 Å². The molecule has 2 amide bonds. The van der Waals surface area contributed by atoms with Gasteiger partial charge < -0.3 is 61.7 Å². The summed E-state index contributed by atoms with van der Waals surface area (Å²) in [5.74, 6) is -2.12. The number of phosphoric ester groups is 3. The van der Waals surface area contributed by atoms with E-state index < -0.39 is 84.6 Å². The number of ether oxygens (including phenoxy) is 1. The fraction of sp³-hybridized carbons (Fsp3) is 0.654. The zero-order valence-corrected chi connectivity index (χ0v) is 33.7. The van der Waals surface area contributed by atoms with Crippen molar-refractivity contribution in [2.75, 3.05) is 44.3 Å². The molecule has 1 fully saturated rings. The Morgan fingerprint density at radius 3 is 2.26 bits per heavy atom. The van der Waals surface area contributed by atoms with Crippen LogP contribution in [0.15, 0.2) is 12.7 Å². The van der Waals surface area contributed by atoms with Crippen LogP contribution in [0.1, 0.15) is 39.3 Å². The number of anilines is 1. The second kappa shape index (κ2) is 21.8. The molecule has 1 saturated heterocycles. The Labute approximate surface area is 328 Å². The summed E-state index contributed by atoms with van der Waals surface area (Å²) in [4.78, 5) is 94.8. The lowest BCUT2D eigenvalue weighted by atomic mass is 9.87. The largest absolute Gasteiger partial charge is 0.481 e. The number of carbonyl (C=O) groups is 4. The fourth-order valence-corrected chi connectivity index (χ4v) is 7.42. The molecule has 0 spiro atoms. The number of nitrogens with one attached hydrogen (secondary N) is 2. The predicted molar refractivity (Wildman–Crippen MR) is 194 cm³/mol. The van der Waals surface area contributed by atoms with E-state index in [2.05, 4.69) is 47.0 Å². The van der Waals surface area contributed by atoms with Gasteiger partial charge in [-0.15, -0.1) is 0 Å². The van der Waals surface area contributed by atoms with Crippen LogP contribution >= 0.6 is 36.1 Å². The monoisotopic (exact) mass is 898 g/mol. The number of aromatic nitrogens is 4. The lowest BCUT2D eigenvalue weighted by molar-refractivity contribution is -0.138. The number of rotatable bonds is 22. The van der Waals surface area contributed by atoms with Crippen LogP contribution in [0.25, 0.3) is 11.2 Å². The number of aliphatic hydroxyl groups excluding tert-OH is 2. The van der Waals surface area contributed by atoms with Crippen molar-refractivity contribution >= 4 is 76.6 Å². The average Bonchev–Trinajstić information content (AvgIpc) is 3.67. The number of Topliss-reactive ketones (excluding diaryl/α,β-unsaturated/α-hetero) is 1. The molecule has 0 aromatic carbocycles. The summed E-state index contributed by atoms with van der Waals surface area (Å²) in [7, 11) is -16.3. The number of carbonyl (C=O) groups excluding carboxylic acids is 3. The highest BCUT2D eigenvalue weighted by atomic mass is 32.1. The van der Waals surface area contributed by atoms with Gasteiger partial charge in [-0.05, 0) is 0 Å². The number of nitrogens with zero attached hydrogens (tertiary/aromatic N) is 4. The highest BCUT2D eigenvalue weighted by Crippen LogP contribution is 2.61. The van der Waals surface area contributed by atoms with Gasteiger partial charge in [0.25, 0.3) is 0 Å². The van der Waals surface area contributed by atoms with Gasteiger partial charge in [-0.1, -0.05) is 13.8 Å². The molecule has 2 aromatic heterocycles. The average molecular weight is 899 g/mol. The maximum Gasteiger partial charge on any atom is 0.481 e. The molecule has 1 aliphatic rings. The highest BCUT2D eigenvalue weighted by molar-refractivity contribution is 7.80. The van der Waals surface area contributed by atoms with E-state index in [1.807, 2.05) is 0 Å². The van der Waals surface area contributed by atoms with E-state index in [0.717, 1.165) is 17.2 Å². The van der Waals surface area contributed by atoms with Crippen molar-refractivity contribution in [2.24, 2.45) is 11.1 Å². The van der Waals surface area contributed by atoms with Gasteiger partial charge in [0.2, 0.25) is 11.8 Å². The minimum atomic E-state index is -5.54. The van der Waals surface area contributed by atoms with Crippen LogP contribution in [0.3, 0.4) is 0 Å². The lowest BCUT2D eigenvalue weighted by Crippen LogP contribution is -2.46. The third-order valence-corrected chi connectivity index (χ3v) is 10.7. The molecule has 0 bridgehead atoms. The number of hydrogen-bond acceptors (Lipinski definition) is 20. The smallest absolute Gasteiger partial charge is 0.481 e. The molecule has 31 heteroatoms. The van der Waals surface area contributed by atoms with Gasteiger partial charge in [-0.3, -0.25) is 37.3 Å². The summed E-state index contributed by atoms with van der Waals surface area (Å²) in [5.41, 5.74) is 9.21. The number of nitrogen functional groups attached to an aromatic ring is 1. The van der Waals surface area contributed by atoms with Gasteiger partial charge in [-0.2, -0.15) is 16.9 Å². The van der Waals surface area contributed by atoms with E-state index >= 15 is 0 Å². The first-order valence-electron chi connectivity index (χ1n) is 16.3. The number of carboxylic acid groups (broad SMARTS) is 1. The van der Waals surface area contributed by atoms with Crippen LogP contribution in [-0.2, 0) is 55.5 Å². The Bertz CT molecular complexity index is 1850. The van der Waals surface area contributed by atoms with E-state index in [1.165, 1.54) is 13.8 Å². The van der Waals surface area contributed by atoms with Crippen molar-refractivity contribution in [3.8, 4) is 0 Å². The Balaban J connectivity index is 0.00000111. The second-order valence-corrected chi connectivity index (χ2v) is 17.1. The Morgan fingerprint density at radius 1 is 1.02 bits per heavy atom. The van der Waals surface area contributed by atoms with Crippen molar-refractivity contribution < 1.29 is 90.4 Å². The zero-order chi connectivity index (χ0) is 43.4. The van der Waals surface area contributed by atoms with E-state index in [9.17, 15) is 62.7 Å². The van der Waals surface area contributed by atoms with Crippen molar-refractivity contribution in [3.63, 3.8) is 0 Å². The third-order valence-electron chi connectivity index (χ3n) is 7.36. The van der Waals surface area contributed by atoms with Crippen molar-refractivity contribution in [3.05, 3.63) is 12.7 Å². The minimum absolute atomic E-state index is 0.0363. The van der Waals surface area contributed by atoms with Crippen LogP contribution in [0.2, 0.25) is 0 Å². The molecule has 3 rings (SSSR count). The number of nitrogens with two attached hydrogens (primary N) is 2. The van der Waals surface area contributed by atoms with Gasteiger partial charge in [-0.25, -0.2) is 28.6 Å².